The average molecular weight is 452 g/mol. The molecule has 1 aromatic rings. The summed E-state index contributed by atoms with van der Waals surface area (Å²) in [6, 6.07) is 4.14. The molecule has 0 N–H and O–H groups in total. The standard InChI is InChI=1S/C23H27F3N2O4/c1-32-14-18-7-2-3-10-27(18)19(29)12-22(13-20(30)28(21(22)31)17-8-9-17)15-5-4-6-16(11-15)23(24,25)26/h4-6,11,17-18H,2-3,7-10,12-14H2,1H3. The molecular formula is C23H27F3N2O4. The SMILES string of the molecule is COCC1CCCCN1C(=O)CC1(c2cccc(C(F)(F)F)c2)CC(=O)N(C2CC2)C1=O. The van der Waals surface area contributed by atoms with Gasteiger partial charge in [0.2, 0.25) is 17.7 Å². The molecule has 9 heteroatoms. The van der Waals surface area contributed by atoms with Gasteiger partial charge < -0.3 is 9.64 Å². The minimum atomic E-state index is -4.60. The number of nitrogens with zero attached hydrogens (tertiary/aromatic N) is 2. The molecule has 2 heterocycles. The third-order valence-electron chi connectivity index (χ3n) is 6.76. The summed E-state index contributed by atoms with van der Waals surface area (Å²) in [5.41, 5.74) is -2.45. The van der Waals surface area contributed by atoms with Crippen LogP contribution in [0.5, 0.6) is 0 Å². The van der Waals surface area contributed by atoms with Crippen LogP contribution in [0.25, 0.3) is 0 Å². The van der Waals surface area contributed by atoms with Crippen LogP contribution >= 0.6 is 0 Å². The number of methoxy groups -OCH3 is 1. The first kappa shape index (κ1) is 22.8. The topological polar surface area (TPSA) is 66.9 Å². The lowest BCUT2D eigenvalue weighted by Gasteiger charge is -2.38. The summed E-state index contributed by atoms with van der Waals surface area (Å²) in [7, 11) is 1.55. The third kappa shape index (κ3) is 4.14. The predicted octanol–water partition coefficient (Wildman–Crippen LogP) is 3.28. The van der Waals surface area contributed by atoms with E-state index in [1.807, 2.05) is 0 Å². The van der Waals surface area contributed by atoms with Crippen molar-refractivity contribution in [3.05, 3.63) is 35.4 Å². The van der Waals surface area contributed by atoms with Gasteiger partial charge >= 0.3 is 6.18 Å². The minimum absolute atomic E-state index is 0.0717. The van der Waals surface area contributed by atoms with Gasteiger partial charge in [-0.25, -0.2) is 0 Å². The first-order valence-corrected chi connectivity index (χ1v) is 11.0. The zero-order chi connectivity index (χ0) is 23.1. The fraction of sp³-hybridized carbons (Fsp3) is 0.609. The van der Waals surface area contributed by atoms with Gasteiger partial charge in [0.15, 0.2) is 0 Å². The molecule has 1 aliphatic carbocycles. The molecule has 0 bridgehead atoms. The second kappa shape index (κ2) is 8.50. The van der Waals surface area contributed by atoms with Crippen molar-refractivity contribution >= 4 is 17.7 Å². The molecule has 2 atom stereocenters. The van der Waals surface area contributed by atoms with Crippen molar-refractivity contribution < 1.29 is 32.3 Å². The quantitative estimate of drug-likeness (QED) is 0.622. The molecule has 2 saturated heterocycles. The van der Waals surface area contributed by atoms with Crippen LogP contribution in [0, 0.1) is 0 Å². The molecule has 4 rings (SSSR count). The zero-order valence-electron chi connectivity index (χ0n) is 18.0. The van der Waals surface area contributed by atoms with E-state index in [1.54, 1.807) is 12.0 Å². The van der Waals surface area contributed by atoms with E-state index in [4.69, 9.17) is 4.74 Å². The third-order valence-corrected chi connectivity index (χ3v) is 6.76. The second-order valence-electron chi connectivity index (χ2n) is 9.01. The van der Waals surface area contributed by atoms with Gasteiger partial charge in [-0.3, -0.25) is 19.3 Å². The van der Waals surface area contributed by atoms with Gasteiger partial charge in [0.05, 0.1) is 23.6 Å². The van der Waals surface area contributed by atoms with Crippen LogP contribution in [0.1, 0.15) is 56.1 Å². The first-order valence-electron chi connectivity index (χ1n) is 11.0. The number of imide groups is 1. The summed E-state index contributed by atoms with van der Waals surface area (Å²) in [5.74, 6) is -1.31. The Morgan fingerprint density at radius 3 is 2.59 bits per heavy atom. The van der Waals surface area contributed by atoms with E-state index in [2.05, 4.69) is 0 Å². The number of alkyl halides is 3. The lowest BCUT2D eigenvalue weighted by atomic mass is 9.75. The summed E-state index contributed by atoms with van der Waals surface area (Å²) in [5, 5.41) is 0. The van der Waals surface area contributed by atoms with Gasteiger partial charge in [-0.2, -0.15) is 13.2 Å². The molecule has 2 unspecified atom stereocenters. The molecule has 1 aromatic carbocycles. The maximum Gasteiger partial charge on any atom is 0.416 e. The molecule has 2 aliphatic heterocycles. The minimum Gasteiger partial charge on any atom is -0.383 e. The maximum absolute atomic E-state index is 13.5. The van der Waals surface area contributed by atoms with Crippen molar-refractivity contribution in [3.8, 4) is 0 Å². The van der Waals surface area contributed by atoms with Crippen molar-refractivity contribution in [3.63, 3.8) is 0 Å². The average Bonchev–Trinajstić information content (AvgIpc) is 3.54. The van der Waals surface area contributed by atoms with E-state index in [0.29, 0.717) is 26.0 Å². The van der Waals surface area contributed by atoms with Crippen molar-refractivity contribution in [2.75, 3.05) is 20.3 Å². The monoisotopic (exact) mass is 452 g/mol. The number of halogens is 3. The van der Waals surface area contributed by atoms with Gasteiger partial charge in [0.25, 0.3) is 0 Å². The van der Waals surface area contributed by atoms with Crippen LogP contribution in [-0.2, 0) is 30.7 Å². The molecule has 0 spiro atoms. The fourth-order valence-electron chi connectivity index (χ4n) is 4.98. The molecule has 3 amide bonds. The lowest BCUT2D eigenvalue weighted by molar-refractivity contribution is -0.145. The Bertz CT molecular complexity index is 913. The number of ether oxygens (including phenoxy) is 1. The fourth-order valence-corrected chi connectivity index (χ4v) is 4.98. The van der Waals surface area contributed by atoms with Gasteiger partial charge in [-0.15, -0.1) is 0 Å². The van der Waals surface area contributed by atoms with E-state index >= 15 is 0 Å². The Balaban J connectivity index is 1.71. The van der Waals surface area contributed by atoms with Crippen molar-refractivity contribution in [2.45, 2.75) is 68.6 Å². The Labute approximate surface area is 184 Å². The Morgan fingerprint density at radius 2 is 1.94 bits per heavy atom. The number of piperidine rings is 1. The molecule has 6 nitrogen and oxygen atoms in total. The van der Waals surface area contributed by atoms with E-state index in [1.165, 1.54) is 17.0 Å². The number of likely N-dealkylation sites (tertiary alicyclic amines) is 2. The number of carbonyl (C=O) groups is 3. The Hall–Kier alpha value is -2.42. The predicted molar refractivity (Wildman–Crippen MR) is 108 cm³/mol. The molecule has 32 heavy (non-hydrogen) atoms. The molecular weight excluding hydrogens is 425 g/mol. The number of rotatable bonds is 6. The number of hydrogen-bond acceptors (Lipinski definition) is 4. The highest BCUT2D eigenvalue weighted by atomic mass is 19.4. The summed E-state index contributed by atoms with van der Waals surface area (Å²) < 4.78 is 45.5. The number of amides is 3. The number of carbonyl (C=O) groups excluding carboxylic acids is 3. The highest BCUT2D eigenvalue weighted by molar-refractivity contribution is 6.11. The lowest BCUT2D eigenvalue weighted by Crippen LogP contribution is -2.49. The number of hydrogen-bond donors (Lipinski definition) is 0. The van der Waals surface area contributed by atoms with Crippen LogP contribution in [0.15, 0.2) is 24.3 Å². The highest BCUT2D eigenvalue weighted by Crippen LogP contribution is 2.45. The Morgan fingerprint density at radius 1 is 1.19 bits per heavy atom. The van der Waals surface area contributed by atoms with Crippen LogP contribution in [0.4, 0.5) is 13.2 Å². The molecule has 0 radical (unpaired) electrons. The van der Waals surface area contributed by atoms with Crippen LogP contribution in [0.2, 0.25) is 0 Å². The summed E-state index contributed by atoms with van der Waals surface area (Å²) in [6.07, 6.45) is -1.33. The zero-order valence-corrected chi connectivity index (χ0v) is 18.0. The summed E-state index contributed by atoms with van der Waals surface area (Å²) >= 11 is 0. The van der Waals surface area contributed by atoms with Crippen LogP contribution < -0.4 is 0 Å². The van der Waals surface area contributed by atoms with Gasteiger partial charge in [-0.1, -0.05) is 18.2 Å². The van der Waals surface area contributed by atoms with Gasteiger partial charge in [-0.05, 0) is 43.7 Å². The molecule has 3 fully saturated rings. The molecule has 0 aromatic heterocycles. The van der Waals surface area contributed by atoms with E-state index in [-0.39, 0.29) is 36.4 Å². The van der Waals surface area contributed by atoms with E-state index < -0.39 is 29.0 Å². The van der Waals surface area contributed by atoms with Crippen molar-refractivity contribution in [1.82, 2.24) is 9.80 Å². The van der Waals surface area contributed by atoms with E-state index in [0.717, 1.165) is 31.4 Å². The molecule has 1 saturated carbocycles. The molecule has 174 valence electrons. The number of benzene rings is 1. The first-order chi connectivity index (χ1) is 15.2. The summed E-state index contributed by atoms with van der Waals surface area (Å²) in [4.78, 5) is 42.6. The molecule has 3 aliphatic rings. The maximum atomic E-state index is 13.5. The van der Waals surface area contributed by atoms with Crippen molar-refractivity contribution in [2.24, 2.45) is 0 Å². The summed E-state index contributed by atoms with van der Waals surface area (Å²) in [6.45, 7) is 0.851. The normalized spacial score (nSPS) is 26.7. The van der Waals surface area contributed by atoms with Gasteiger partial charge in [0.1, 0.15) is 0 Å². The smallest absolute Gasteiger partial charge is 0.383 e. The second-order valence-corrected chi connectivity index (χ2v) is 9.01. The largest absolute Gasteiger partial charge is 0.416 e. The van der Waals surface area contributed by atoms with Crippen LogP contribution in [-0.4, -0.2) is 59.9 Å². The Kier molecular flexibility index (Phi) is 6.04. The van der Waals surface area contributed by atoms with Crippen LogP contribution in [0.3, 0.4) is 0 Å². The van der Waals surface area contributed by atoms with Crippen molar-refractivity contribution in [1.29, 1.82) is 0 Å². The van der Waals surface area contributed by atoms with Gasteiger partial charge in [0, 0.05) is 32.5 Å². The van der Waals surface area contributed by atoms with E-state index in [9.17, 15) is 27.6 Å². The highest BCUT2D eigenvalue weighted by Gasteiger charge is 2.57.